The van der Waals surface area contributed by atoms with Crippen molar-refractivity contribution in [2.45, 2.75) is 43.4 Å². The van der Waals surface area contributed by atoms with E-state index in [2.05, 4.69) is 10.5 Å². The molecule has 12 nitrogen and oxygen atoms in total. The minimum atomic E-state index is -5.01. The van der Waals surface area contributed by atoms with E-state index in [1.165, 1.54) is 0 Å². The highest BCUT2D eigenvalue weighted by Gasteiger charge is 2.37. The van der Waals surface area contributed by atoms with Crippen LogP contribution in [-0.4, -0.2) is 55.8 Å². The SMILES string of the molecule is CC(C)(C)C(=O)[C@H]1CCCN(c2cc(Nc3ccc(S(=O)(=O)O)cc3S(=O)(=O)O)c3c4c(onc24)-c2ccccc2C3=O)C1. The van der Waals surface area contributed by atoms with Gasteiger partial charge in [0, 0.05) is 35.5 Å². The van der Waals surface area contributed by atoms with Crippen LogP contribution in [0.25, 0.3) is 22.2 Å². The molecule has 230 valence electrons. The third-order valence-corrected chi connectivity index (χ3v) is 9.79. The van der Waals surface area contributed by atoms with Crippen molar-refractivity contribution in [3.63, 3.8) is 0 Å². The predicted molar refractivity (Wildman–Crippen MR) is 162 cm³/mol. The first kappa shape index (κ1) is 29.9. The Kier molecular flexibility index (Phi) is 6.96. The molecule has 0 spiro atoms. The molecule has 1 aromatic heterocycles. The van der Waals surface area contributed by atoms with E-state index in [0.717, 1.165) is 18.6 Å². The Morgan fingerprint density at radius 1 is 1.00 bits per heavy atom. The molecule has 2 heterocycles. The van der Waals surface area contributed by atoms with Crippen molar-refractivity contribution >= 4 is 59.8 Å². The smallest absolute Gasteiger partial charge is 0.296 e. The highest BCUT2D eigenvalue weighted by atomic mass is 32.2. The minimum absolute atomic E-state index is 0.121. The number of nitrogens with zero attached hydrogens (tertiary/aromatic N) is 2. The van der Waals surface area contributed by atoms with Crippen LogP contribution < -0.4 is 10.2 Å². The van der Waals surface area contributed by atoms with E-state index >= 15 is 0 Å². The van der Waals surface area contributed by atoms with Crippen LogP contribution >= 0.6 is 0 Å². The summed E-state index contributed by atoms with van der Waals surface area (Å²) >= 11 is 0. The molecule has 3 aromatic carbocycles. The zero-order valence-electron chi connectivity index (χ0n) is 24.0. The molecule has 1 saturated heterocycles. The van der Waals surface area contributed by atoms with E-state index in [1.54, 1.807) is 30.3 Å². The standard InChI is InChI=1S/C30H29N3O9S2/c1-30(2,3)29(35)16-7-6-12-33(15-16)22-14-21(31-20-11-10-17(43(36,37)38)13-23(20)44(39,40)41)24-25-26(22)32-42-28(25)19-9-5-4-8-18(19)27(24)34/h4-5,8-11,13-14,16,31H,6-7,12,15H2,1-3H3,(H,36,37,38)(H,39,40,41)/t16-/m0/s1. The van der Waals surface area contributed by atoms with Gasteiger partial charge in [0.2, 0.25) is 0 Å². The monoisotopic (exact) mass is 639 g/mol. The summed E-state index contributed by atoms with van der Waals surface area (Å²) in [7, 11) is -9.81. The van der Waals surface area contributed by atoms with Gasteiger partial charge in [-0.05, 0) is 37.1 Å². The van der Waals surface area contributed by atoms with Crippen molar-refractivity contribution in [2.75, 3.05) is 23.3 Å². The molecular weight excluding hydrogens is 610 g/mol. The number of carbonyl (C=O) groups is 2. The van der Waals surface area contributed by atoms with Gasteiger partial charge in [-0.1, -0.05) is 50.2 Å². The molecule has 0 bridgehead atoms. The van der Waals surface area contributed by atoms with Gasteiger partial charge in [0.1, 0.15) is 16.2 Å². The van der Waals surface area contributed by atoms with E-state index in [-0.39, 0.29) is 28.6 Å². The maximum atomic E-state index is 14.0. The van der Waals surface area contributed by atoms with Crippen LogP contribution in [-0.2, 0) is 25.0 Å². The van der Waals surface area contributed by atoms with Crippen LogP contribution in [0.15, 0.2) is 62.8 Å². The molecule has 0 unspecified atom stereocenters. The second-order valence-corrected chi connectivity index (χ2v) is 14.9. The molecule has 1 atom stereocenters. The number of hydrogen-bond donors (Lipinski definition) is 3. The average Bonchev–Trinajstić information content (AvgIpc) is 3.39. The fraction of sp³-hybridized carbons (Fsp3) is 0.300. The van der Waals surface area contributed by atoms with Gasteiger partial charge < -0.3 is 14.7 Å². The van der Waals surface area contributed by atoms with Gasteiger partial charge in [-0.25, -0.2) is 0 Å². The van der Waals surface area contributed by atoms with Gasteiger partial charge in [0.25, 0.3) is 20.2 Å². The van der Waals surface area contributed by atoms with Crippen molar-refractivity contribution in [3.05, 3.63) is 59.7 Å². The summed E-state index contributed by atoms with van der Waals surface area (Å²) in [6.07, 6.45) is 1.43. The van der Waals surface area contributed by atoms with Crippen LogP contribution in [0.1, 0.15) is 49.5 Å². The van der Waals surface area contributed by atoms with Crippen molar-refractivity contribution in [1.29, 1.82) is 0 Å². The second kappa shape index (κ2) is 10.2. The van der Waals surface area contributed by atoms with E-state index in [0.29, 0.717) is 59.1 Å². The molecule has 0 radical (unpaired) electrons. The van der Waals surface area contributed by atoms with E-state index in [9.17, 15) is 35.5 Å². The molecule has 0 amide bonds. The largest absolute Gasteiger partial charge is 0.369 e. The molecule has 6 rings (SSSR count). The summed E-state index contributed by atoms with van der Waals surface area (Å²) in [5.41, 5.74) is 1.30. The Balaban J connectivity index is 1.57. The van der Waals surface area contributed by atoms with E-state index < -0.39 is 41.2 Å². The van der Waals surface area contributed by atoms with E-state index in [4.69, 9.17) is 4.52 Å². The molecular formula is C30H29N3O9S2. The summed E-state index contributed by atoms with van der Waals surface area (Å²) in [6.45, 7) is 6.59. The van der Waals surface area contributed by atoms with E-state index in [1.807, 2.05) is 25.7 Å². The number of Topliss-reactive ketones (excluding diaryl/α,β-unsaturated/α-hetero) is 1. The molecule has 1 aliphatic heterocycles. The number of fused-ring (bicyclic) bond motifs is 2. The number of rotatable bonds is 6. The summed E-state index contributed by atoms with van der Waals surface area (Å²) in [6, 6.07) is 11.1. The molecule has 3 N–H and O–H groups in total. The Labute approximate surface area is 253 Å². The van der Waals surface area contributed by atoms with Gasteiger partial charge in [-0.3, -0.25) is 18.7 Å². The first-order valence-electron chi connectivity index (χ1n) is 13.8. The molecule has 0 saturated carbocycles. The zero-order valence-corrected chi connectivity index (χ0v) is 25.6. The van der Waals surface area contributed by atoms with Gasteiger partial charge in [-0.15, -0.1) is 0 Å². The Hall–Kier alpha value is -4.11. The van der Waals surface area contributed by atoms with Crippen molar-refractivity contribution in [1.82, 2.24) is 5.16 Å². The number of nitrogens with one attached hydrogen (secondary N) is 1. The van der Waals surface area contributed by atoms with Crippen molar-refractivity contribution in [2.24, 2.45) is 11.3 Å². The lowest BCUT2D eigenvalue weighted by Gasteiger charge is -2.36. The van der Waals surface area contributed by atoms with Crippen LogP contribution in [0.2, 0.25) is 0 Å². The summed E-state index contributed by atoms with van der Waals surface area (Å²) in [4.78, 5) is 27.6. The number of anilines is 3. The first-order valence-corrected chi connectivity index (χ1v) is 16.7. The lowest BCUT2D eigenvalue weighted by Crippen LogP contribution is -2.42. The summed E-state index contributed by atoms with van der Waals surface area (Å²) in [5, 5.41) is 7.66. The Bertz CT molecular complexity index is 2100. The molecule has 2 aliphatic rings. The maximum absolute atomic E-state index is 14.0. The van der Waals surface area contributed by atoms with Crippen LogP contribution in [0.5, 0.6) is 0 Å². The fourth-order valence-electron chi connectivity index (χ4n) is 6.03. The normalized spacial score (nSPS) is 17.1. The van der Waals surface area contributed by atoms with Crippen LogP contribution in [0.3, 0.4) is 0 Å². The fourth-order valence-corrected chi connectivity index (χ4v) is 7.28. The van der Waals surface area contributed by atoms with Gasteiger partial charge >= 0.3 is 0 Å². The number of hydrogen-bond acceptors (Lipinski definition) is 10. The summed E-state index contributed by atoms with van der Waals surface area (Å²) < 4.78 is 73.4. The van der Waals surface area contributed by atoms with Crippen molar-refractivity contribution in [3.8, 4) is 11.3 Å². The predicted octanol–water partition coefficient (Wildman–Crippen LogP) is 5.11. The zero-order chi connectivity index (χ0) is 31.8. The third kappa shape index (κ3) is 5.07. The lowest BCUT2D eigenvalue weighted by molar-refractivity contribution is -0.130. The quantitative estimate of drug-likeness (QED) is 0.209. The average molecular weight is 640 g/mol. The van der Waals surface area contributed by atoms with Gasteiger partial charge in [0.05, 0.1) is 32.9 Å². The Morgan fingerprint density at radius 2 is 1.70 bits per heavy atom. The molecule has 14 heteroatoms. The Morgan fingerprint density at radius 3 is 2.36 bits per heavy atom. The second-order valence-electron chi connectivity index (χ2n) is 12.1. The molecule has 1 fully saturated rings. The number of aromatic nitrogens is 1. The number of benzene rings is 3. The third-order valence-electron chi connectivity index (χ3n) is 8.05. The highest BCUT2D eigenvalue weighted by Crippen LogP contribution is 2.47. The lowest BCUT2D eigenvalue weighted by atomic mass is 9.79. The minimum Gasteiger partial charge on any atom is -0.369 e. The van der Waals surface area contributed by atoms with Crippen LogP contribution in [0, 0.1) is 11.3 Å². The summed E-state index contributed by atoms with van der Waals surface area (Å²) in [5.74, 6) is -0.185. The first-order chi connectivity index (χ1) is 20.6. The number of piperidine rings is 1. The molecule has 4 aromatic rings. The molecule has 1 aliphatic carbocycles. The molecule has 44 heavy (non-hydrogen) atoms. The van der Waals surface area contributed by atoms with Gasteiger partial charge in [-0.2, -0.15) is 16.8 Å². The highest BCUT2D eigenvalue weighted by molar-refractivity contribution is 7.86. The number of carbonyl (C=O) groups excluding carboxylic acids is 2. The van der Waals surface area contributed by atoms with Crippen molar-refractivity contribution < 1.29 is 40.1 Å². The maximum Gasteiger partial charge on any atom is 0.296 e. The topological polar surface area (TPSA) is 184 Å². The number of ketones is 2. The van der Waals surface area contributed by atoms with Gasteiger partial charge in [0.15, 0.2) is 11.5 Å². The van der Waals surface area contributed by atoms with Crippen LogP contribution in [0.4, 0.5) is 17.1 Å².